The summed E-state index contributed by atoms with van der Waals surface area (Å²) in [5, 5.41) is 0. The van der Waals surface area contributed by atoms with Gasteiger partial charge in [-0.25, -0.2) is 8.78 Å². The van der Waals surface area contributed by atoms with Crippen LogP contribution in [0.25, 0.3) is 0 Å². The summed E-state index contributed by atoms with van der Waals surface area (Å²) in [6, 6.07) is 2.61. The number of rotatable bonds is 3. The summed E-state index contributed by atoms with van der Waals surface area (Å²) in [4.78, 5) is 4.57. The summed E-state index contributed by atoms with van der Waals surface area (Å²) in [7, 11) is 1.45. The van der Waals surface area contributed by atoms with Gasteiger partial charge in [0, 0.05) is 6.54 Å². The quantitative estimate of drug-likeness (QED) is 0.658. The first kappa shape index (κ1) is 10.6. The fourth-order valence-electron chi connectivity index (χ4n) is 0.866. The van der Waals surface area contributed by atoms with Gasteiger partial charge in [-0.1, -0.05) is 0 Å². The molecule has 0 unspecified atom stereocenters. The minimum atomic E-state index is -0.874. The van der Waals surface area contributed by atoms with Crippen molar-refractivity contribution in [1.29, 1.82) is 0 Å². The zero-order valence-electron chi connectivity index (χ0n) is 6.90. The van der Waals surface area contributed by atoms with Crippen molar-refractivity contribution >= 4 is 15.9 Å². The SMILES string of the molecule is CONCc1cc(F)c(F)c(Br)c1. The van der Waals surface area contributed by atoms with Crippen LogP contribution in [0.5, 0.6) is 0 Å². The van der Waals surface area contributed by atoms with E-state index in [2.05, 4.69) is 26.2 Å². The first-order chi connectivity index (χ1) is 6.15. The highest BCUT2D eigenvalue weighted by molar-refractivity contribution is 9.10. The van der Waals surface area contributed by atoms with Gasteiger partial charge in [0.2, 0.25) is 0 Å². The number of hydroxylamine groups is 1. The lowest BCUT2D eigenvalue weighted by Crippen LogP contribution is -2.11. The van der Waals surface area contributed by atoms with Crippen LogP contribution in [0.2, 0.25) is 0 Å². The number of benzene rings is 1. The van der Waals surface area contributed by atoms with Crippen molar-refractivity contribution in [3.05, 3.63) is 33.8 Å². The molecule has 0 saturated carbocycles. The van der Waals surface area contributed by atoms with Crippen LogP contribution in [0.15, 0.2) is 16.6 Å². The molecule has 0 bridgehead atoms. The summed E-state index contributed by atoms with van der Waals surface area (Å²) in [5.74, 6) is -1.75. The van der Waals surface area contributed by atoms with Crippen LogP contribution in [0.3, 0.4) is 0 Å². The van der Waals surface area contributed by atoms with Crippen LogP contribution in [0.1, 0.15) is 5.56 Å². The maximum absolute atomic E-state index is 12.8. The molecular formula is C8H8BrF2NO. The summed E-state index contributed by atoms with van der Waals surface area (Å²) >= 11 is 2.91. The Bertz CT molecular complexity index is 283. The highest BCUT2D eigenvalue weighted by Gasteiger charge is 2.07. The van der Waals surface area contributed by atoms with Gasteiger partial charge in [0.25, 0.3) is 0 Å². The molecule has 1 N–H and O–H groups in total. The normalized spacial score (nSPS) is 10.5. The van der Waals surface area contributed by atoms with E-state index in [4.69, 9.17) is 0 Å². The molecular weight excluding hydrogens is 244 g/mol. The maximum atomic E-state index is 12.8. The fraction of sp³-hybridized carbons (Fsp3) is 0.250. The van der Waals surface area contributed by atoms with Gasteiger partial charge in [-0.3, -0.25) is 0 Å². The topological polar surface area (TPSA) is 21.3 Å². The van der Waals surface area contributed by atoms with E-state index in [1.807, 2.05) is 0 Å². The minimum Gasteiger partial charge on any atom is -0.305 e. The third-order valence-corrected chi connectivity index (χ3v) is 2.04. The van der Waals surface area contributed by atoms with Crippen molar-refractivity contribution in [2.45, 2.75) is 6.54 Å². The summed E-state index contributed by atoms with van der Waals surface area (Å²) in [6.07, 6.45) is 0. The molecule has 0 aromatic heterocycles. The third kappa shape index (κ3) is 2.72. The number of hydrogen-bond acceptors (Lipinski definition) is 2. The van der Waals surface area contributed by atoms with Crippen molar-refractivity contribution < 1.29 is 13.6 Å². The fourth-order valence-corrected chi connectivity index (χ4v) is 1.35. The molecule has 1 aromatic carbocycles. The molecule has 1 rings (SSSR count). The van der Waals surface area contributed by atoms with Gasteiger partial charge in [0.05, 0.1) is 11.6 Å². The van der Waals surface area contributed by atoms with Crippen LogP contribution < -0.4 is 5.48 Å². The van der Waals surface area contributed by atoms with Gasteiger partial charge < -0.3 is 4.84 Å². The molecule has 13 heavy (non-hydrogen) atoms. The lowest BCUT2D eigenvalue weighted by Gasteiger charge is -2.04. The van der Waals surface area contributed by atoms with Crippen LogP contribution in [0.4, 0.5) is 8.78 Å². The molecule has 0 saturated heterocycles. The second-order valence-corrected chi connectivity index (χ2v) is 3.25. The first-order valence-corrected chi connectivity index (χ1v) is 4.33. The van der Waals surface area contributed by atoms with E-state index in [9.17, 15) is 8.78 Å². The Kier molecular flexibility index (Phi) is 3.77. The van der Waals surface area contributed by atoms with Crippen molar-refractivity contribution in [2.24, 2.45) is 0 Å². The molecule has 0 heterocycles. The Balaban J connectivity index is 2.86. The van der Waals surface area contributed by atoms with Gasteiger partial charge in [0.1, 0.15) is 0 Å². The number of nitrogens with one attached hydrogen (secondary N) is 1. The smallest absolute Gasteiger partial charge is 0.172 e. The van der Waals surface area contributed by atoms with E-state index in [0.29, 0.717) is 12.1 Å². The van der Waals surface area contributed by atoms with Crippen LogP contribution in [0, 0.1) is 11.6 Å². The van der Waals surface area contributed by atoms with Gasteiger partial charge in [-0.2, -0.15) is 5.48 Å². The molecule has 0 amide bonds. The summed E-state index contributed by atoms with van der Waals surface area (Å²) in [5.41, 5.74) is 3.13. The Hall–Kier alpha value is -0.520. The molecule has 0 radical (unpaired) electrons. The van der Waals surface area contributed by atoms with E-state index in [0.717, 1.165) is 6.07 Å². The molecule has 0 spiro atoms. The predicted octanol–water partition coefficient (Wildman–Crippen LogP) is 2.38. The predicted molar refractivity (Wildman–Crippen MR) is 47.9 cm³/mol. The second-order valence-electron chi connectivity index (χ2n) is 2.40. The lowest BCUT2D eigenvalue weighted by atomic mass is 10.2. The average molecular weight is 252 g/mol. The molecule has 2 nitrogen and oxygen atoms in total. The van der Waals surface area contributed by atoms with Gasteiger partial charge in [-0.05, 0) is 33.6 Å². The van der Waals surface area contributed by atoms with Crippen molar-refractivity contribution in [1.82, 2.24) is 5.48 Å². The first-order valence-electron chi connectivity index (χ1n) is 3.54. The summed E-state index contributed by atoms with van der Waals surface area (Å²) in [6.45, 7) is 0.326. The molecule has 0 fully saturated rings. The zero-order valence-corrected chi connectivity index (χ0v) is 8.49. The Labute approximate surface area is 83.0 Å². The van der Waals surface area contributed by atoms with Gasteiger partial charge in [-0.15, -0.1) is 0 Å². The standard InChI is InChI=1S/C8H8BrF2NO/c1-13-12-4-5-2-6(9)8(11)7(10)3-5/h2-3,12H,4H2,1H3. The van der Waals surface area contributed by atoms with Gasteiger partial charge >= 0.3 is 0 Å². The number of hydrogen-bond donors (Lipinski definition) is 1. The lowest BCUT2D eigenvalue weighted by molar-refractivity contribution is 0.0866. The Morgan fingerprint density at radius 3 is 2.69 bits per heavy atom. The monoisotopic (exact) mass is 251 g/mol. The second kappa shape index (κ2) is 4.64. The van der Waals surface area contributed by atoms with Crippen LogP contribution in [-0.4, -0.2) is 7.11 Å². The zero-order chi connectivity index (χ0) is 9.84. The molecule has 5 heteroatoms. The molecule has 0 aliphatic heterocycles. The molecule has 0 aliphatic rings. The van der Waals surface area contributed by atoms with E-state index in [1.165, 1.54) is 13.2 Å². The highest BCUT2D eigenvalue weighted by Crippen LogP contribution is 2.20. The maximum Gasteiger partial charge on any atom is 0.172 e. The van der Waals surface area contributed by atoms with E-state index >= 15 is 0 Å². The van der Waals surface area contributed by atoms with Crippen molar-refractivity contribution in [3.63, 3.8) is 0 Å². The Morgan fingerprint density at radius 2 is 2.15 bits per heavy atom. The van der Waals surface area contributed by atoms with Crippen molar-refractivity contribution in [2.75, 3.05) is 7.11 Å². The number of halogens is 3. The minimum absolute atomic E-state index is 0.111. The van der Waals surface area contributed by atoms with Crippen LogP contribution >= 0.6 is 15.9 Å². The van der Waals surface area contributed by atoms with Crippen LogP contribution in [-0.2, 0) is 11.4 Å². The van der Waals surface area contributed by atoms with E-state index in [-0.39, 0.29) is 4.47 Å². The van der Waals surface area contributed by atoms with E-state index < -0.39 is 11.6 Å². The van der Waals surface area contributed by atoms with Crippen molar-refractivity contribution in [3.8, 4) is 0 Å². The largest absolute Gasteiger partial charge is 0.305 e. The van der Waals surface area contributed by atoms with Gasteiger partial charge in [0.15, 0.2) is 11.6 Å². The molecule has 1 aromatic rings. The third-order valence-electron chi connectivity index (χ3n) is 1.46. The molecule has 0 aliphatic carbocycles. The molecule has 0 atom stereocenters. The molecule has 72 valence electrons. The average Bonchev–Trinajstić information content (AvgIpc) is 2.10. The highest BCUT2D eigenvalue weighted by atomic mass is 79.9. The van der Waals surface area contributed by atoms with E-state index in [1.54, 1.807) is 0 Å². The Morgan fingerprint density at radius 1 is 1.46 bits per heavy atom. The summed E-state index contributed by atoms with van der Waals surface area (Å²) < 4.78 is 25.7.